The maximum absolute atomic E-state index is 13.1. The van der Waals surface area contributed by atoms with Crippen molar-refractivity contribution in [2.45, 2.75) is 32.7 Å². The van der Waals surface area contributed by atoms with E-state index >= 15 is 0 Å². The topological polar surface area (TPSA) is 74.3 Å². The Kier molecular flexibility index (Phi) is 4.81. The molecule has 1 fully saturated rings. The second-order valence-electron chi connectivity index (χ2n) is 8.44. The molecule has 2 aliphatic rings. The maximum Gasteiger partial charge on any atom is 0.257 e. The molecule has 2 aromatic heterocycles. The summed E-state index contributed by atoms with van der Waals surface area (Å²) in [5, 5.41) is 1.12. The van der Waals surface area contributed by atoms with Crippen molar-refractivity contribution >= 4 is 22.8 Å². The molecule has 1 N–H and O–H groups in total. The smallest absolute Gasteiger partial charge is 0.257 e. The summed E-state index contributed by atoms with van der Waals surface area (Å²) < 4.78 is 5.38. The summed E-state index contributed by atoms with van der Waals surface area (Å²) in [6.45, 7) is 5.48. The molecule has 30 heavy (non-hydrogen) atoms. The van der Waals surface area contributed by atoms with Crippen LogP contribution in [0.2, 0.25) is 0 Å². The second-order valence-corrected chi connectivity index (χ2v) is 8.44. The molecule has 0 unspecified atom stereocenters. The Balaban J connectivity index is 1.35. The predicted molar refractivity (Wildman–Crippen MR) is 116 cm³/mol. The fraction of sp³-hybridized carbons (Fsp3) is 0.435. The molecular formula is C23H27N5O2. The SMILES string of the molecule is COc1ccc2[nH]c3c(c2c1)CN(C(=O)c1cnc(N2CCC[C@H](C)C2)nc1)CC3. The van der Waals surface area contributed by atoms with E-state index in [2.05, 4.69) is 26.8 Å². The number of nitrogens with zero attached hydrogens (tertiary/aromatic N) is 4. The molecule has 0 spiro atoms. The van der Waals surface area contributed by atoms with Crippen molar-refractivity contribution in [2.75, 3.05) is 31.6 Å². The van der Waals surface area contributed by atoms with Crippen molar-refractivity contribution in [2.24, 2.45) is 5.92 Å². The van der Waals surface area contributed by atoms with Crippen LogP contribution in [0.15, 0.2) is 30.6 Å². The van der Waals surface area contributed by atoms with Crippen molar-refractivity contribution in [3.05, 3.63) is 47.4 Å². The number of rotatable bonds is 3. The van der Waals surface area contributed by atoms with Crippen LogP contribution in [0.4, 0.5) is 5.95 Å². The summed E-state index contributed by atoms with van der Waals surface area (Å²) >= 11 is 0. The van der Waals surface area contributed by atoms with E-state index in [1.54, 1.807) is 19.5 Å². The zero-order valence-corrected chi connectivity index (χ0v) is 17.5. The third-order valence-corrected chi connectivity index (χ3v) is 6.29. The number of benzene rings is 1. The summed E-state index contributed by atoms with van der Waals surface area (Å²) in [6, 6.07) is 6.03. The number of fused-ring (bicyclic) bond motifs is 3. The van der Waals surface area contributed by atoms with Gasteiger partial charge in [-0.15, -0.1) is 0 Å². The fourth-order valence-electron chi connectivity index (χ4n) is 4.64. The standard InChI is InChI=1S/C23H27N5O2/c1-15-4-3-8-28(13-15)23-24-11-16(12-25-23)22(29)27-9-7-21-19(14-27)18-10-17(30-2)5-6-20(18)26-21/h5-6,10-12,15,26H,3-4,7-9,13-14H2,1-2H3/t15-/m0/s1. The number of ether oxygens (including phenoxy) is 1. The van der Waals surface area contributed by atoms with Gasteiger partial charge in [-0.3, -0.25) is 4.79 Å². The van der Waals surface area contributed by atoms with Crippen molar-refractivity contribution in [1.29, 1.82) is 0 Å². The lowest BCUT2D eigenvalue weighted by molar-refractivity contribution is 0.0734. The molecule has 1 atom stereocenters. The van der Waals surface area contributed by atoms with Crippen LogP contribution in [-0.4, -0.2) is 52.5 Å². The van der Waals surface area contributed by atoms with Gasteiger partial charge in [0, 0.05) is 67.2 Å². The molecule has 0 radical (unpaired) electrons. The zero-order chi connectivity index (χ0) is 20.7. The Morgan fingerprint density at radius 3 is 2.83 bits per heavy atom. The third kappa shape index (κ3) is 3.38. The molecule has 1 amide bonds. The highest BCUT2D eigenvalue weighted by Crippen LogP contribution is 2.31. The summed E-state index contributed by atoms with van der Waals surface area (Å²) in [5.41, 5.74) is 4.00. The van der Waals surface area contributed by atoms with E-state index in [1.165, 1.54) is 17.7 Å². The predicted octanol–water partition coefficient (Wildman–Crippen LogP) is 3.40. The molecule has 0 saturated carbocycles. The molecular weight excluding hydrogens is 378 g/mol. The van der Waals surface area contributed by atoms with Crippen molar-refractivity contribution in [3.63, 3.8) is 0 Å². The van der Waals surface area contributed by atoms with E-state index in [0.717, 1.165) is 48.5 Å². The number of nitrogens with one attached hydrogen (secondary N) is 1. The molecule has 7 nitrogen and oxygen atoms in total. The first-order chi connectivity index (χ1) is 14.6. The van der Waals surface area contributed by atoms with E-state index in [9.17, 15) is 4.79 Å². The highest BCUT2D eigenvalue weighted by molar-refractivity contribution is 5.94. The number of aromatic amines is 1. The Labute approximate surface area is 176 Å². The summed E-state index contributed by atoms with van der Waals surface area (Å²) in [6.07, 6.45) is 6.58. The number of H-pyrrole nitrogens is 1. The molecule has 2 aliphatic heterocycles. The van der Waals surface area contributed by atoms with E-state index in [1.807, 2.05) is 23.1 Å². The van der Waals surface area contributed by atoms with Gasteiger partial charge < -0.3 is 19.5 Å². The van der Waals surface area contributed by atoms with Gasteiger partial charge in [-0.05, 0) is 37.0 Å². The van der Waals surface area contributed by atoms with Crippen LogP contribution < -0.4 is 9.64 Å². The molecule has 5 rings (SSSR count). The van der Waals surface area contributed by atoms with E-state index in [0.29, 0.717) is 24.6 Å². The third-order valence-electron chi connectivity index (χ3n) is 6.29. The molecule has 0 bridgehead atoms. The normalized spacial score (nSPS) is 19.1. The van der Waals surface area contributed by atoms with Crippen LogP contribution in [0.1, 0.15) is 41.4 Å². The van der Waals surface area contributed by atoms with Crippen molar-refractivity contribution in [3.8, 4) is 5.75 Å². The Morgan fingerprint density at radius 2 is 2.07 bits per heavy atom. The maximum atomic E-state index is 13.1. The molecule has 7 heteroatoms. The number of carbonyl (C=O) groups excluding carboxylic acids is 1. The van der Waals surface area contributed by atoms with Gasteiger partial charge in [0.2, 0.25) is 5.95 Å². The molecule has 3 aromatic rings. The van der Waals surface area contributed by atoms with Gasteiger partial charge in [0.1, 0.15) is 5.75 Å². The highest BCUT2D eigenvalue weighted by atomic mass is 16.5. The lowest BCUT2D eigenvalue weighted by atomic mass is 10.0. The van der Waals surface area contributed by atoms with Crippen molar-refractivity contribution < 1.29 is 9.53 Å². The average molecular weight is 406 g/mol. The van der Waals surface area contributed by atoms with Crippen LogP contribution in [0.5, 0.6) is 5.75 Å². The monoisotopic (exact) mass is 405 g/mol. The first-order valence-electron chi connectivity index (χ1n) is 10.7. The largest absolute Gasteiger partial charge is 0.497 e. The molecule has 1 saturated heterocycles. The first kappa shape index (κ1) is 18.9. The number of aromatic nitrogens is 3. The Hall–Kier alpha value is -3.09. The molecule has 156 valence electrons. The number of carbonyl (C=O) groups is 1. The van der Waals surface area contributed by atoms with Crippen LogP contribution in [0.3, 0.4) is 0 Å². The fourth-order valence-corrected chi connectivity index (χ4v) is 4.64. The number of piperidine rings is 1. The number of hydrogen-bond donors (Lipinski definition) is 1. The van der Waals surface area contributed by atoms with Gasteiger partial charge in [0.15, 0.2) is 0 Å². The lowest BCUT2D eigenvalue weighted by Crippen LogP contribution is -2.37. The number of anilines is 1. The van der Waals surface area contributed by atoms with Gasteiger partial charge in [-0.1, -0.05) is 6.92 Å². The summed E-state index contributed by atoms with van der Waals surface area (Å²) in [4.78, 5) is 29.7. The van der Waals surface area contributed by atoms with Crippen LogP contribution in [-0.2, 0) is 13.0 Å². The molecule has 0 aliphatic carbocycles. The number of hydrogen-bond acceptors (Lipinski definition) is 5. The van der Waals surface area contributed by atoms with Crippen LogP contribution in [0.25, 0.3) is 10.9 Å². The highest BCUT2D eigenvalue weighted by Gasteiger charge is 2.26. The number of methoxy groups -OCH3 is 1. The zero-order valence-electron chi connectivity index (χ0n) is 17.5. The van der Waals surface area contributed by atoms with E-state index in [4.69, 9.17) is 4.74 Å². The number of amides is 1. The van der Waals surface area contributed by atoms with Crippen LogP contribution in [0, 0.1) is 5.92 Å². The second kappa shape index (κ2) is 7.63. The Bertz CT molecular complexity index is 1080. The minimum absolute atomic E-state index is 0.0172. The summed E-state index contributed by atoms with van der Waals surface area (Å²) in [5.74, 6) is 2.18. The Morgan fingerprint density at radius 1 is 1.23 bits per heavy atom. The first-order valence-corrected chi connectivity index (χ1v) is 10.7. The van der Waals surface area contributed by atoms with Gasteiger partial charge >= 0.3 is 0 Å². The molecule has 1 aromatic carbocycles. The minimum Gasteiger partial charge on any atom is -0.497 e. The minimum atomic E-state index is -0.0172. The van der Waals surface area contributed by atoms with Crippen LogP contribution >= 0.6 is 0 Å². The van der Waals surface area contributed by atoms with Gasteiger partial charge in [0.25, 0.3) is 5.91 Å². The summed E-state index contributed by atoms with van der Waals surface area (Å²) in [7, 11) is 1.67. The van der Waals surface area contributed by atoms with Crippen molar-refractivity contribution in [1.82, 2.24) is 19.9 Å². The van der Waals surface area contributed by atoms with Gasteiger partial charge in [-0.2, -0.15) is 0 Å². The molecule has 4 heterocycles. The average Bonchev–Trinajstić information content (AvgIpc) is 3.15. The van der Waals surface area contributed by atoms with E-state index < -0.39 is 0 Å². The van der Waals surface area contributed by atoms with Gasteiger partial charge in [-0.25, -0.2) is 9.97 Å². The van der Waals surface area contributed by atoms with E-state index in [-0.39, 0.29) is 5.91 Å². The van der Waals surface area contributed by atoms with Gasteiger partial charge in [0.05, 0.1) is 12.7 Å². The quantitative estimate of drug-likeness (QED) is 0.723. The lowest BCUT2D eigenvalue weighted by Gasteiger charge is -2.31.